The fourth-order valence-corrected chi connectivity index (χ4v) is 2.81. The molecule has 1 aliphatic rings. The second-order valence-electron chi connectivity index (χ2n) is 4.64. The molecule has 17 heavy (non-hydrogen) atoms. The average Bonchev–Trinajstić information content (AvgIpc) is 2.71. The van der Waals surface area contributed by atoms with E-state index in [1.54, 1.807) is 0 Å². The number of nitrogens with one attached hydrogen (secondary N) is 2. The van der Waals surface area contributed by atoms with E-state index in [1.165, 1.54) is 22.0 Å². The molecule has 2 nitrogen and oxygen atoms in total. The van der Waals surface area contributed by atoms with Gasteiger partial charge in [0.1, 0.15) is 0 Å². The first-order valence-corrected chi connectivity index (χ1v) is 6.73. The summed E-state index contributed by atoms with van der Waals surface area (Å²) in [7, 11) is 0. The number of aromatic nitrogens is 1. The average molecular weight is 291 g/mol. The molecular weight excluding hydrogens is 276 g/mol. The van der Waals surface area contributed by atoms with Crippen molar-refractivity contribution in [1.82, 2.24) is 10.3 Å². The highest BCUT2D eigenvalue weighted by Crippen LogP contribution is 2.30. The summed E-state index contributed by atoms with van der Waals surface area (Å²) < 4.78 is 1.13. The summed E-state index contributed by atoms with van der Waals surface area (Å²) in [6, 6.07) is 6.94. The Labute approximate surface area is 109 Å². The van der Waals surface area contributed by atoms with Crippen LogP contribution in [0.2, 0.25) is 0 Å². The van der Waals surface area contributed by atoms with Gasteiger partial charge in [0, 0.05) is 39.7 Å². The first-order chi connectivity index (χ1) is 8.24. The molecule has 2 heterocycles. The molecule has 3 rings (SSSR count). The van der Waals surface area contributed by atoms with E-state index in [-0.39, 0.29) is 0 Å². The standard InChI is InChI=1S/C14H15BrN2/c1-9-6-10(4-5-16-9)13-8-17-14-3-2-11(15)7-12(13)14/h2-4,7-9,16-17H,5-6H2,1H3. The second kappa shape index (κ2) is 4.31. The van der Waals surface area contributed by atoms with Gasteiger partial charge in [-0.1, -0.05) is 22.0 Å². The van der Waals surface area contributed by atoms with Gasteiger partial charge in [0.25, 0.3) is 0 Å². The molecule has 2 aromatic rings. The Balaban J connectivity index is 2.11. The van der Waals surface area contributed by atoms with Crippen LogP contribution in [0.1, 0.15) is 18.9 Å². The Morgan fingerprint density at radius 1 is 1.35 bits per heavy atom. The maximum atomic E-state index is 3.54. The van der Waals surface area contributed by atoms with Crippen molar-refractivity contribution in [1.29, 1.82) is 0 Å². The molecule has 0 saturated carbocycles. The van der Waals surface area contributed by atoms with Gasteiger partial charge in [0.15, 0.2) is 0 Å². The Kier molecular flexibility index (Phi) is 2.81. The molecule has 1 atom stereocenters. The Bertz CT molecular complexity index is 583. The summed E-state index contributed by atoms with van der Waals surface area (Å²) in [5.74, 6) is 0. The number of aromatic amines is 1. The predicted octanol–water partition coefficient (Wildman–Crippen LogP) is 3.70. The highest BCUT2D eigenvalue weighted by molar-refractivity contribution is 9.10. The van der Waals surface area contributed by atoms with Gasteiger partial charge in [0.2, 0.25) is 0 Å². The molecule has 1 aromatic carbocycles. The van der Waals surface area contributed by atoms with E-state index in [0.29, 0.717) is 6.04 Å². The second-order valence-corrected chi connectivity index (χ2v) is 5.55. The molecule has 0 bridgehead atoms. The van der Waals surface area contributed by atoms with Crippen LogP contribution in [0.15, 0.2) is 34.9 Å². The SMILES string of the molecule is CC1CC(c2c[nH]c3ccc(Br)cc23)=CCN1. The van der Waals surface area contributed by atoms with Crippen LogP contribution in [0.5, 0.6) is 0 Å². The lowest BCUT2D eigenvalue weighted by atomic mass is 9.96. The van der Waals surface area contributed by atoms with E-state index in [0.717, 1.165) is 17.4 Å². The molecule has 0 radical (unpaired) electrons. The number of H-pyrrole nitrogens is 1. The lowest BCUT2D eigenvalue weighted by Gasteiger charge is -2.20. The van der Waals surface area contributed by atoms with E-state index in [9.17, 15) is 0 Å². The summed E-state index contributed by atoms with van der Waals surface area (Å²) >= 11 is 3.54. The van der Waals surface area contributed by atoms with Crippen molar-refractivity contribution in [3.63, 3.8) is 0 Å². The van der Waals surface area contributed by atoms with Crippen molar-refractivity contribution in [3.05, 3.63) is 40.5 Å². The molecule has 1 aliphatic heterocycles. The molecule has 1 unspecified atom stereocenters. The fraction of sp³-hybridized carbons (Fsp3) is 0.286. The molecule has 1 aromatic heterocycles. The normalized spacial score (nSPS) is 20.6. The summed E-state index contributed by atoms with van der Waals surface area (Å²) in [5.41, 5.74) is 3.99. The lowest BCUT2D eigenvalue weighted by Crippen LogP contribution is -2.29. The van der Waals surface area contributed by atoms with Crippen molar-refractivity contribution < 1.29 is 0 Å². The molecule has 88 valence electrons. The summed E-state index contributed by atoms with van der Waals surface area (Å²) in [6.07, 6.45) is 5.52. The van der Waals surface area contributed by atoms with Crippen LogP contribution in [0.3, 0.4) is 0 Å². The maximum Gasteiger partial charge on any atom is 0.0461 e. The van der Waals surface area contributed by atoms with Gasteiger partial charge in [0.05, 0.1) is 0 Å². The van der Waals surface area contributed by atoms with Gasteiger partial charge < -0.3 is 10.3 Å². The van der Waals surface area contributed by atoms with Gasteiger partial charge in [-0.05, 0) is 37.1 Å². The highest BCUT2D eigenvalue weighted by Gasteiger charge is 2.14. The minimum Gasteiger partial charge on any atom is -0.361 e. The van der Waals surface area contributed by atoms with Crippen LogP contribution < -0.4 is 5.32 Å². The van der Waals surface area contributed by atoms with Crippen LogP contribution in [0.4, 0.5) is 0 Å². The highest BCUT2D eigenvalue weighted by atomic mass is 79.9. The van der Waals surface area contributed by atoms with Gasteiger partial charge in [-0.3, -0.25) is 0 Å². The number of hydrogen-bond acceptors (Lipinski definition) is 1. The lowest BCUT2D eigenvalue weighted by molar-refractivity contribution is 0.579. The summed E-state index contributed by atoms with van der Waals surface area (Å²) in [4.78, 5) is 3.35. The monoisotopic (exact) mass is 290 g/mol. The number of benzene rings is 1. The van der Waals surface area contributed by atoms with Gasteiger partial charge in [-0.25, -0.2) is 0 Å². The quantitative estimate of drug-likeness (QED) is 0.824. The molecule has 0 aliphatic carbocycles. The van der Waals surface area contributed by atoms with Crippen molar-refractivity contribution in [3.8, 4) is 0 Å². The van der Waals surface area contributed by atoms with Gasteiger partial charge in [-0.2, -0.15) is 0 Å². The third-order valence-electron chi connectivity index (χ3n) is 3.33. The zero-order valence-electron chi connectivity index (χ0n) is 9.76. The smallest absolute Gasteiger partial charge is 0.0461 e. The first-order valence-electron chi connectivity index (χ1n) is 5.93. The predicted molar refractivity (Wildman–Crippen MR) is 76.1 cm³/mol. The van der Waals surface area contributed by atoms with Gasteiger partial charge >= 0.3 is 0 Å². The third kappa shape index (κ3) is 2.05. The minimum atomic E-state index is 0.562. The number of fused-ring (bicyclic) bond motifs is 1. The van der Waals surface area contributed by atoms with E-state index in [2.05, 4.69) is 63.6 Å². The summed E-state index contributed by atoms with van der Waals surface area (Å²) in [6.45, 7) is 3.20. The largest absolute Gasteiger partial charge is 0.361 e. The first kappa shape index (κ1) is 11.1. The van der Waals surface area contributed by atoms with Crippen molar-refractivity contribution in [2.24, 2.45) is 0 Å². The van der Waals surface area contributed by atoms with E-state index in [4.69, 9.17) is 0 Å². The van der Waals surface area contributed by atoms with Crippen LogP contribution >= 0.6 is 15.9 Å². The van der Waals surface area contributed by atoms with Crippen molar-refractivity contribution in [2.45, 2.75) is 19.4 Å². The van der Waals surface area contributed by atoms with Crippen LogP contribution in [0, 0.1) is 0 Å². The third-order valence-corrected chi connectivity index (χ3v) is 3.82. The number of rotatable bonds is 1. The molecule has 0 fully saturated rings. The molecule has 3 heteroatoms. The van der Waals surface area contributed by atoms with Crippen LogP contribution in [-0.4, -0.2) is 17.6 Å². The fourth-order valence-electron chi connectivity index (χ4n) is 2.45. The molecule has 0 saturated heterocycles. The van der Waals surface area contributed by atoms with Crippen LogP contribution in [0.25, 0.3) is 16.5 Å². The molecule has 0 spiro atoms. The topological polar surface area (TPSA) is 27.8 Å². The maximum absolute atomic E-state index is 3.54. The Morgan fingerprint density at radius 3 is 3.06 bits per heavy atom. The van der Waals surface area contributed by atoms with Crippen molar-refractivity contribution >= 4 is 32.4 Å². The van der Waals surface area contributed by atoms with Crippen molar-refractivity contribution in [2.75, 3.05) is 6.54 Å². The van der Waals surface area contributed by atoms with E-state index < -0.39 is 0 Å². The number of hydrogen-bond donors (Lipinski definition) is 2. The molecule has 0 amide bonds. The zero-order valence-corrected chi connectivity index (χ0v) is 11.3. The summed E-state index contributed by atoms with van der Waals surface area (Å²) in [5, 5.41) is 4.74. The molecule has 2 N–H and O–H groups in total. The molecular formula is C14H15BrN2. The Morgan fingerprint density at radius 2 is 2.24 bits per heavy atom. The van der Waals surface area contributed by atoms with Crippen LogP contribution in [-0.2, 0) is 0 Å². The van der Waals surface area contributed by atoms with E-state index in [1.807, 2.05) is 0 Å². The van der Waals surface area contributed by atoms with Gasteiger partial charge in [-0.15, -0.1) is 0 Å². The Hall–Kier alpha value is -1.06. The van der Waals surface area contributed by atoms with E-state index >= 15 is 0 Å². The number of halogens is 1. The minimum absolute atomic E-state index is 0.562. The zero-order chi connectivity index (χ0) is 11.8.